The van der Waals surface area contributed by atoms with Gasteiger partial charge in [-0.3, -0.25) is 4.79 Å². The highest BCUT2D eigenvalue weighted by Gasteiger charge is 2.00. The summed E-state index contributed by atoms with van der Waals surface area (Å²) in [4.78, 5) is 9.80. The normalized spacial score (nSPS) is 16.4. The van der Waals surface area contributed by atoms with Crippen LogP contribution >= 0.6 is 0 Å². The molecule has 1 rings (SSSR count). The maximum Gasteiger partial charge on any atom is 0.207 e. The van der Waals surface area contributed by atoms with Gasteiger partial charge in [-0.2, -0.15) is 0 Å². The van der Waals surface area contributed by atoms with Crippen LogP contribution in [0.15, 0.2) is 24.3 Å². The van der Waals surface area contributed by atoms with Crippen molar-refractivity contribution in [2.24, 2.45) is 5.92 Å². The van der Waals surface area contributed by atoms with Crippen molar-refractivity contribution in [3.63, 3.8) is 0 Å². The zero-order valence-electron chi connectivity index (χ0n) is 5.08. The lowest BCUT2D eigenvalue weighted by molar-refractivity contribution is -0.109. The van der Waals surface area contributed by atoms with Crippen molar-refractivity contribution >= 4 is 6.41 Å². The Hall–Kier alpha value is -1.05. The van der Waals surface area contributed by atoms with Crippen molar-refractivity contribution in [2.75, 3.05) is 6.54 Å². The largest absolute Gasteiger partial charge is 0.358 e. The zero-order valence-corrected chi connectivity index (χ0v) is 5.08. The van der Waals surface area contributed by atoms with Crippen LogP contribution in [0.4, 0.5) is 0 Å². The number of carbonyl (C=O) groups excluding carboxylic acids is 1. The van der Waals surface area contributed by atoms with E-state index in [1.54, 1.807) is 0 Å². The van der Waals surface area contributed by atoms with E-state index in [-0.39, 0.29) is 0 Å². The van der Waals surface area contributed by atoms with Gasteiger partial charge in [0.2, 0.25) is 6.41 Å². The van der Waals surface area contributed by atoms with E-state index in [0.29, 0.717) is 5.92 Å². The molecule has 0 saturated carbocycles. The molecule has 0 aromatic carbocycles. The molecule has 0 aromatic heterocycles. The van der Waals surface area contributed by atoms with Crippen LogP contribution in [0.25, 0.3) is 0 Å². The van der Waals surface area contributed by atoms with Crippen LogP contribution in [0, 0.1) is 5.92 Å². The summed E-state index contributed by atoms with van der Waals surface area (Å²) in [5.74, 6) is 0.412. The van der Waals surface area contributed by atoms with Gasteiger partial charge in [-0.1, -0.05) is 24.3 Å². The first-order valence-corrected chi connectivity index (χ1v) is 2.95. The van der Waals surface area contributed by atoms with Crippen LogP contribution in [0.3, 0.4) is 0 Å². The predicted octanol–water partition coefficient (Wildman–Crippen LogP) is 0.475. The fourth-order valence-corrected chi connectivity index (χ4v) is 0.798. The number of allylic oxidation sites excluding steroid dienone is 2. The Morgan fingerprint density at radius 2 is 2.11 bits per heavy atom. The summed E-state index contributed by atoms with van der Waals surface area (Å²) in [6, 6.07) is 0. The first-order chi connectivity index (χ1) is 4.43. The van der Waals surface area contributed by atoms with E-state index in [2.05, 4.69) is 17.5 Å². The van der Waals surface area contributed by atoms with E-state index >= 15 is 0 Å². The van der Waals surface area contributed by atoms with Gasteiger partial charge < -0.3 is 5.32 Å². The average molecular weight is 123 g/mol. The topological polar surface area (TPSA) is 29.1 Å². The highest BCUT2D eigenvalue weighted by molar-refractivity contribution is 5.46. The SMILES string of the molecule is O=CNCC1C=CC=C1. The van der Waals surface area contributed by atoms with Crippen LogP contribution in [0.1, 0.15) is 0 Å². The van der Waals surface area contributed by atoms with Crippen molar-refractivity contribution in [1.82, 2.24) is 5.32 Å². The Bertz CT molecular complexity index is 137. The van der Waals surface area contributed by atoms with Gasteiger partial charge in [-0.25, -0.2) is 0 Å². The smallest absolute Gasteiger partial charge is 0.207 e. The highest BCUT2D eigenvalue weighted by Crippen LogP contribution is 2.05. The second kappa shape index (κ2) is 3.07. The monoisotopic (exact) mass is 123 g/mol. The molecule has 1 amide bonds. The molecule has 1 aliphatic carbocycles. The van der Waals surface area contributed by atoms with Crippen molar-refractivity contribution in [1.29, 1.82) is 0 Å². The molecule has 0 bridgehead atoms. The molecule has 0 spiro atoms. The minimum Gasteiger partial charge on any atom is -0.358 e. The minimum absolute atomic E-state index is 0.412. The van der Waals surface area contributed by atoms with Crippen LogP contribution in [0.2, 0.25) is 0 Å². The molecule has 2 heteroatoms. The first kappa shape index (κ1) is 6.08. The van der Waals surface area contributed by atoms with Crippen LogP contribution in [0.5, 0.6) is 0 Å². The molecule has 0 unspecified atom stereocenters. The summed E-state index contributed by atoms with van der Waals surface area (Å²) in [6.45, 7) is 0.719. The van der Waals surface area contributed by atoms with Gasteiger partial charge in [0.25, 0.3) is 0 Å². The van der Waals surface area contributed by atoms with Gasteiger partial charge in [0.05, 0.1) is 0 Å². The molecule has 0 fully saturated rings. The third-order valence-corrected chi connectivity index (χ3v) is 1.26. The lowest BCUT2D eigenvalue weighted by Gasteiger charge is -2.00. The molecule has 0 radical (unpaired) electrons. The van der Waals surface area contributed by atoms with Gasteiger partial charge in [0.15, 0.2) is 0 Å². The summed E-state index contributed by atoms with van der Waals surface area (Å²) in [7, 11) is 0. The van der Waals surface area contributed by atoms with Gasteiger partial charge in [-0.05, 0) is 0 Å². The summed E-state index contributed by atoms with van der Waals surface area (Å²) < 4.78 is 0. The third kappa shape index (κ3) is 1.72. The zero-order chi connectivity index (χ0) is 6.53. The first-order valence-electron chi connectivity index (χ1n) is 2.95. The third-order valence-electron chi connectivity index (χ3n) is 1.26. The van der Waals surface area contributed by atoms with Crippen LogP contribution in [-0.2, 0) is 4.79 Å². The molecular weight excluding hydrogens is 114 g/mol. The van der Waals surface area contributed by atoms with Gasteiger partial charge in [0, 0.05) is 12.5 Å². The van der Waals surface area contributed by atoms with Crippen molar-refractivity contribution in [3.05, 3.63) is 24.3 Å². The Kier molecular flexibility index (Phi) is 2.07. The lowest BCUT2D eigenvalue weighted by atomic mass is 10.2. The molecule has 0 heterocycles. The molecule has 9 heavy (non-hydrogen) atoms. The van der Waals surface area contributed by atoms with E-state index in [4.69, 9.17) is 0 Å². The number of rotatable bonds is 3. The van der Waals surface area contributed by atoms with Crippen LogP contribution < -0.4 is 5.32 Å². The second-order valence-corrected chi connectivity index (χ2v) is 1.96. The molecule has 0 aliphatic heterocycles. The van der Waals surface area contributed by atoms with Gasteiger partial charge in [-0.15, -0.1) is 0 Å². The fourth-order valence-electron chi connectivity index (χ4n) is 0.798. The van der Waals surface area contributed by atoms with Crippen molar-refractivity contribution in [3.8, 4) is 0 Å². The Morgan fingerprint density at radius 3 is 2.67 bits per heavy atom. The quantitative estimate of drug-likeness (QED) is 0.543. The average Bonchev–Trinajstić information content (AvgIpc) is 2.34. The summed E-state index contributed by atoms with van der Waals surface area (Å²) >= 11 is 0. The number of amides is 1. The standard InChI is InChI=1S/C7H9NO/c9-6-8-5-7-3-1-2-4-7/h1-4,6-7H,5H2,(H,8,9). The lowest BCUT2D eigenvalue weighted by Crippen LogP contribution is -2.17. The van der Waals surface area contributed by atoms with E-state index in [9.17, 15) is 4.79 Å². The summed E-state index contributed by atoms with van der Waals surface area (Å²) in [6.07, 6.45) is 8.79. The summed E-state index contributed by atoms with van der Waals surface area (Å²) in [5, 5.41) is 2.61. The van der Waals surface area contributed by atoms with Gasteiger partial charge >= 0.3 is 0 Å². The molecular formula is C7H9NO. The maximum absolute atomic E-state index is 9.80. The Balaban J connectivity index is 2.20. The van der Waals surface area contributed by atoms with E-state index < -0.39 is 0 Å². The molecule has 0 atom stereocenters. The van der Waals surface area contributed by atoms with E-state index in [0.717, 1.165) is 13.0 Å². The number of nitrogens with one attached hydrogen (secondary N) is 1. The maximum atomic E-state index is 9.80. The van der Waals surface area contributed by atoms with E-state index in [1.807, 2.05) is 12.2 Å². The molecule has 0 aromatic rings. The second-order valence-electron chi connectivity index (χ2n) is 1.96. The molecule has 48 valence electrons. The minimum atomic E-state index is 0.412. The van der Waals surface area contributed by atoms with Crippen molar-refractivity contribution < 1.29 is 4.79 Å². The number of carbonyl (C=O) groups is 1. The highest BCUT2D eigenvalue weighted by atomic mass is 16.1. The molecule has 1 aliphatic rings. The molecule has 1 N–H and O–H groups in total. The number of hydrogen-bond donors (Lipinski definition) is 1. The predicted molar refractivity (Wildman–Crippen MR) is 35.8 cm³/mol. The fraction of sp³-hybridized carbons (Fsp3) is 0.286. The van der Waals surface area contributed by atoms with E-state index in [1.165, 1.54) is 0 Å². The van der Waals surface area contributed by atoms with Gasteiger partial charge in [0.1, 0.15) is 0 Å². The molecule has 0 saturated heterocycles. The Labute approximate surface area is 54.3 Å². The van der Waals surface area contributed by atoms with Crippen LogP contribution in [-0.4, -0.2) is 13.0 Å². The Morgan fingerprint density at radius 1 is 1.44 bits per heavy atom. The molecule has 2 nitrogen and oxygen atoms in total. The number of hydrogen-bond acceptors (Lipinski definition) is 1. The van der Waals surface area contributed by atoms with Crippen molar-refractivity contribution in [2.45, 2.75) is 0 Å². The summed E-state index contributed by atoms with van der Waals surface area (Å²) in [5.41, 5.74) is 0.